The third-order valence-corrected chi connectivity index (χ3v) is 10.0. The number of fused-ring (bicyclic) bond motifs is 3. The minimum atomic E-state index is -0.306. The Balaban J connectivity index is 1.39. The van der Waals surface area contributed by atoms with Gasteiger partial charge >= 0.3 is 0 Å². The molecule has 1 aromatic heterocycles. The van der Waals surface area contributed by atoms with Gasteiger partial charge in [0.2, 0.25) is 0 Å². The van der Waals surface area contributed by atoms with Crippen molar-refractivity contribution in [2.24, 2.45) is 4.99 Å². The van der Waals surface area contributed by atoms with Crippen LogP contribution >= 0.6 is 56.5 Å². The summed E-state index contributed by atoms with van der Waals surface area (Å²) < 4.78 is 24.9. The predicted octanol–water partition coefficient (Wildman–Crippen LogP) is 7.25. The smallest absolute Gasteiger partial charge is 0.271 e. The van der Waals surface area contributed by atoms with E-state index >= 15 is 0 Å². The minimum absolute atomic E-state index is 0.0769. The van der Waals surface area contributed by atoms with Crippen LogP contribution in [0.5, 0.6) is 5.75 Å². The van der Waals surface area contributed by atoms with E-state index in [0.29, 0.717) is 20.6 Å². The van der Waals surface area contributed by atoms with Crippen LogP contribution in [0.15, 0.2) is 106 Å². The largest absolute Gasteiger partial charge is 0.487 e. The Morgan fingerprint density at radius 2 is 1.74 bits per heavy atom. The van der Waals surface area contributed by atoms with Crippen molar-refractivity contribution in [1.29, 1.82) is 0 Å². The van der Waals surface area contributed by atoms with Crippen LogP contribution in [-0.4, -0.2) is 4.57 Å². The number of allylic oxidation sites excluding steroid dienone is 1. The molecule has 42 heavy (non-hydrogen) atoms. The first kappa shape index (κ1) is 27.7. The molecule has 208 valence electrons. The average molecular weight is 796 g/mol. The topological polar surface area (TPSA) is 43.6 Å². The molecule has 7 rings (SSSR count). The van der Waals surface area contributed by atoms with Crippen LogP contribution < -0.4 is 19.6 Å². The van der Waals surface area contributed by atoms with E-state index in [-0.39, 0.29) is 24.0 Å². The zero-order valence-corrected chi connectivity index (χ0v) is 27.3. The van der Waals surface area contributed by atoms with Gasteiger partial charge in [0.05, 0.1) is 19.8 Å². The van der Waals surface area contributed by atoms with Gasteiger partial charge < -0.3 is 4.74 Å². The molecule has 1 aliphatic heterocycles. The van der Waals surface area contributed by atoms with Gasteiger partial charge in [-0.2, -0.15) is 0 Å². The fourth-order valence-corrected chi connectivity index (χ4v) is 8.74. The second kappa shape index (κ2) is 11.5. The second-order valence-corrected chi connectivity index (χ2v) is 13.6. The van der Waals surface area contributed by atoms with Gasteiger partial charge in [0, 0.05) is 20.3 Å². The molecule has 0 spiro atoms. The molecule has 5 aromatic rings. The van der Waals surface area contributed by atoms with E-state index in [2.05, 4.69) is 81.6 Å². The average Bonchev–Trinajstić information content (AvgIpc) is 3.30. The molecule has 0 unspecified atom stereocenters. The normalized spacial score (nSPS) is 16.0. The van der Waals surface area contributed by atoms with E-state index < -0.39 is 0 Å². The summed E-state index contributed by atoms with van der Waals surface area (Å²) in [5.74, 6) is 0.317. The van der Waals surface area contributed by atoms with Gasteiger partial charge in [0.25, 0.3) is 5.56 Å². The van der Waals surface area contributed by atoms with Crippen LogP contribution in [0.1, 0.15) is 40.3 Å². The van der Waals surface area contributed by atoms with E-state index in [4.69, 9.17) is 9.73 Å². The van der Waals surface area contributed by atoms with Crippen LogP contribution in [-0.2, 0) is 13.0 Å². The first-order valence-corrected chi connectivity index (χ1v) is 16.5. The highest BCUT2D eigenvalue weighted by Gasteiger charge is 2.32. The SMILES string of the molecule is O=c1/c(=C\c2cc(I)cc(I)c2OCc2ccccc2F)sc2n1[C@@H](c1ccccc1)C1=C(N=2)c2ccccc2CC1. The molecule has 1 atom stereocenters. The molecule has 0 N–H and O–H groups in total. The number of benzene rings is 4. The van der Waals surface area contributed by atoms with E-state index in [1.807, 2.05) is 41.0 Å². The van der Waals surface area contributed by atoms with Gasteiger partial charge in [-0.05, 0) is 99.0 Å². The summed E-state index contributed by atoms with van der Waals surface area (Å²) in [5, 5.41) is 0. The Hall–Kier alpha value is -3.09. The summed E-state index contributed by atoms with van der Waals surface area (Å²) in [6, 6.07) is 29.1. The van der Waals surface area contributed by atoms with Crippen molar-refractivity contribution in [3.8, 4) is 5.75 Å². The van der Waals surface area contributed by atoms with Crippen LogP contribution in [0.3, 0.4) is 0 Å². The van der Waals surface area contributed by atoms with Gasteiger partial charge in [-0.25, -0.2) is 9.38 Å². The number of halogens is 3. The maximum absolute atomic E-state index is 14.3. The van der Waals surface area contributed by atoms with Gasteiger partial charge in [0.1, 0.15) is 18.2 Å². The zero-order chi connectivity index (χ0) is 28.8. The summed E-state index contributed by atoms with van der Waals surface area (Å²) in [7, 11) is 0. The first-order valence-electron chi connectivity index (χ1n) is 13.5. The number of hydrogen-bond acceptors (Lipinski definition) is 4. The molecular weight excluding hydrogens is 773 g/mol. The predicted molar refractivity (Wildman–Crippen MR) is 182 cm³/mol. The molecule has 0 saturated carbocycles. The highest BCUT2D eigenvalue weighted by atomic mass is 127. The fourth-order valence-electron chi connectivity index (χ4n) is 5.70. The Labute approximate surface area is 273 Å². The molecule has 0 amide bonds. The van der Waals surface area contributed by atoms with Crippen LogP contribution in [0.2, 0.25) is 0 Å². The zero-order valence-electron chi connectivity index (χ0n) is 22.2. The lowest BCUT2D eigenvalue weighted by Gasteiger charge is -2.30. The number of hydrogen-bond donors (Lipinski definition) is 0. The lowest BCUT2D eigenvalue weighted by Crippen LogP contribution is -2.38. The van der Waals surface area contributed by atoms with Crippen molar-refractivity contribution in [3.63, 3.8) is 0 Å². The molecule has 0 saturated heterocycles. The molecule has 2 aliphatic rings. The number of rotatable bonds is 5. The molecule has 4 nitrogen and oxygen atoms in total. The quantitative estimate of drug-likeness (QED) is 0.176. The summed E-state index contributed by atoms with van der Waals surface area (Å²) in [5.41, 5.74) is 6.85. The van der Waals surface area contributed by atoms with Crippen molar-refractivity contribution < 1.29 is 9.13 Å². The number of aryl methyl sites for hydroxylation is 1. The molecular formula is C34H23FI2N2O2S. The number of nitrogens with zero attached hydrogens (tertiary/aromatic N) is 2. The summed E-state index contributed by atoms with van der Waals surface area (Å²) in [6.45, 7) is 0.0888. The monoisotopic (exact) mass is 796 g/mol. The molecule has 0 radical (unpaired) electrons. The molecule has 0 fully saturated rings. The lowest BCUT2D eigenvalue weighted by molar-refractivity contribution is 0.297. The van der Waals surface area contributed by atoms with Crippen molar-refractivity contribution in [3.05, 3.63) is 157 Å². The standard InChI is InChI=1S/C34H23FI2N2O2S/c35-27-13-7-5-11-22(27)19-41-32-23(16-24(36)18-28(32)37)17-29-33(40)39-31(21-9-2-1-3-10-21)26-15-14-20-8-4-6-12-25(20)30(26)38-34(39)42-29/h1-13,16-18,31H,14-15,19H2/b29-17+/t31-/m0/s1. The van der Waals surface area contributed by atoms with Crippen LogP contribution in [0.4, 0.5) is 4.39 Å². The van der Waals surface area contributed by atoms with Crippen molar-refractivity contribution in [2.45, 2.75) is 25.5 Å². The van der Waals surface area contributed by atoms with Crippen LogP contribution in [0.25, 0.3) is 11.8 Å². The highest BCUT2D eigenvalue weighted by Crippen LogP contribution is 2.41. The Kier molecular flexibility index (Phi) is 7.62. The molecule has 8 heteroatoms. The third-order valence-electron chi connectivity index (χ3n) is 7.64. The van der Waals surface area contributed by atoms with Gasteiger partial charge in [-0.15, -0.1) is 0 Å². The molecule has 4 aromatic carbocycles. The fraction of sp³-hybridized carbons (Fsp3) is 0.118. The maximum Gasteiger partial charge on any atom is 0.271 e. The van der Waals surface area contributed by atoms with Gasteiger partial charge in [-0.1, -0.05) is 84.1 Å². The van der Waals surface area contributed by atoms with Crippen LogP contribution in [0, 0.1) is 13.0 Å². The van der Waals surface area contributed by atoms with E-state index in [0.717, 1.165) is 42.4 Å². The van der Waals surface area contributed by atoms with E-state index in [1.54, 1.807) is 18.2 Å². The summed E-state index contributed by atoms with van der Waals surface area (Å²) >= 11 is 5.90. The van der Waals surface area contributed by atoms with Gasteiger partial charge in [-0.3, -0.25) is 9.36 Å². The Morgan fingerprint density at radius 1 is 0.976 bits per heavy atom. The molecule has 0 bridgehead atoms. The Bertz CT molecular complexity index is 2070. The number of thiazole rings is 1. The minimum Gasteiger partial charge on any atom is -0.487 e. The van der Waals surface area contributed by atoms with Crippen molar-refractivity contribution in [1.82, 2.24) is 4.57 Å². The molecule has 2 heterocycles. The Morgan fingerprint density at radius 3 is 2.57 bits per heavy atom. The first-order chi connectivity index (χ1) is 20.5. The lowest BCUT2D eigenvalue weighted by atomic mass is 9.83. The molecule has 1 aliphatic carbocycles. The second-order valence-electron chi connectivity index (χ2n) is 10.2. The maximum atomic E-state index is 14.3. The summed E-state index contributed by atoms with van der Waals surface area (Å²) in [6.07, 6.45) is 3.66. The van der Waals surface area contributed by atoms with Gasteiger partial charge in [0.15, 0.2) is 4.80 Å². The third kappa shape index (κ3) is 5.07. The summed E-state index contributed by atoms with van der Waals surface area (Å²) in [4.78, 5) is 20.0. The number of ether oxygens (including phenoxy) is 1. The van der Waals surface area contributed by atoms with E-state index in [1.165, 1.54) is 28.5 Å². The highest BCUT2D eigenvalue weighted by molar-refractivity contribution is 14.1. The number of aromatic nitrogens is 1. The van der Waals surface area contributed by atoms with Crippen molar-refractivity contribution in [2.75, 3.05) is 0 Å². The van der Waals surface area contributed by atoms with Crippen molar-refractivity contribution >= 4 is 68.3 Å². The van der Waals surface area contributed by atoms with E-state index in [9.17, 15) is 9.18 Å².